The molecule has 0 saturated carbocycles. The molecule has 3 fully saturated rings. The number of rotatable bonds is 14. The molecule has 3 aromatic rings. The minimum Gasteiger partial charge on any atom is -0.693 e. The number of alkyl halides is 3. The van der Waals surface area contributed by atoms with E-state index < -0.39 is 87.8 Å². The van der Waals surface area contributed by atoms with Crippen molar-refractivity contribution in [3.05, 3.63) is 24.7 Å². The number of imidazole rings is 1. The van der Waals surface area contributed by atoms with Gasteiger partial charge in [-0.3, -0.25) is 18.9 Å². The Hall–Kier alpha value is -1.95. The number of amides is 1. The zero-order valence-electron chi connectivity index (χ0n) is 27.5. The van der Waals surface area contributed by atoms with Crippen molar-refractivity contribution >= 4 is 78.0 Å². The van der Waals surface area contributed by atoms with Crippen LogP contribution >= 0.6 is 25.8 Å². The quantitative estimate of drug-likeness (QED) is 0.0902. The van der Waals surface area contributed by atoms with Gasteiger partial charge in [-0.2, -0.15) is 0 Å². The molecule has 10 atom stereocenters. The van der Waals surface area contributed by atoms with Crippen molar-refractivity contribution in [1.29, 1.82) is 0 Å². The SMILES string of the molecule is [NH-]c1c(NC(=O)OC[C@@H]2C[C@H](F)CN2)ncnc1N[C@@H]1O[C@H](COP(=O)(S)OC2C(COP(O)(O)=S)O[C@@H](n3cnc4c(N)ncnc43)[C@@H]2F)C[C@H]1F.[U]. The van der Waals surface area contributed by atoms with Crippen molar-refractivity contribution < 1.29 is 91.2 Å². The van der Waals surface area contributed by atoms with Gasteiger partial charge in [-0.1, -0.05) is 17.9 Å². The summed E-state index contributed by atoms with van der Waals surface area (Å²) in [5.74, 6) is -0.462. The molecule has 6 heterocycles. The maximum Gasteiger partial charge on any atom is 0.412 e. The molecule has 29 heteroatoms. The van der Waals surface area contributed by atoms with Crippen LogP contribution in [0.25, 0.3) is 16.9 Å². The normalized spacial score (nSPS) is 29.5. The minimum absolute atomic E-state index is 0. The number of nitrogen functional groups attached to an aromatic ring is 1. The summed E-state index contributed by atoms with van der Waals surface area (Å²) in [6, 6.07) is -0.357. The van der Waals surface area contributed by atoms with Crippen molar-refractivity contribution in [2.75, 3.05) is 42.7 Å². The van der Waals surface area contributed by atoms with Gasteiger partial charge in [0.1, 0.15) is 61.0 Å². The van der Waals surface area contributed by atoms with E-state index in [9.17, 15) is 23.5 Å². The van der Waals surface area contributed by atoms with Crippen LogP contribution in [-0.2, 0) is 44.2 Å². The van der Waals surface area contributed by atoms with Crippen LogP contribution in [0.3, 0.4) is 0 Å². The molecule has 8 N–H and O–H groups in total. The first-order valence-electron chi connectivity index (χ1n) is 15.6. The molecule has 1 amide bonds. The molecular formula is C25H33F3N11O10P2S2U-. The molecule has 21 nitrogen and oxygen atoms in total. The van der Waals surface area contributed by atoms with Crippen LogP contribution in [0.2, 0.25) is 0 Å². The monoisotopic (exact) mass is 1070 g/mol. The van der Waals surface area contributed by atoms with Gasteiger partial charge in [0.15, 0.2) is 30.1 Å². The molecule has 0 aromatic carbocycles. The van der Waals surface area contributed by atoms with E-state index >= 15 is 8.78 Å². The smallest absolute Gasteiger partial charge is 0.412 e. The molecule has 0 radical (unpaired) electrons. The summed E-state index contributed by atoms with van der Waals surface area (Å²) < 4.78 is 91.0. The minimum atomic E-state index is -4.48. The van der Waals surface area contributed by atoms with Crippen molar-refractivity contribution in [2.24, 2.45) is 0 Å². The Balaban J connectivity index is 0.00000561. The largest absolute Gasteiger partial charge is 0.693 e. The summed E-state index contributed by atoms with van der Waals surface area (Å²) in [6.07, 6.45) is -9.73. The van der Waals surface area contributed by atoms with Gasteiger partial charge in [-0.25, -0.2) is 47.5 Å². The van der Waals surface area contributed by atoms with E-state index in [4.69, 9.17) is 39.2 Å². The van der Waals surface area contributed by atoms with Crippen LogP contribution in [-0.4, -0.2) is 121 Å². The molecule has 3 saturated heterocycles. The van der Waals surface area contributed by atoms with E-state index in [-0.39, 0.29) is 91.8 Å². The maximum absolute atomic E-state index is 16.0. The number of hydrogen-bond donors (Lipinski definition) is 7. The third-order valence-electron chi connectivity index (χ3n) is 8.10. The summed E-state index contributed by atoms with van der Waals surface area (Å²) in [6.45, 7) is -9.94. The number of nitrogens with two attached hydrogens (primary N) is 1. The summed E-state index contributed by atoms with van der Waals surface area (Å²) in [4.78, 5) is 51.0. The number of fused-ring (bicyclic) bond motifs is 1. The van der Waals surface area contributed by atoms with Crippen molar-refractivity contribution in [1.82, 2.24) is 34.8 Å². The number of nitrogens with zero attached hydrogens (tertiary/aromatic N) is 6. The number of carbonyl (C=O) groups is 1. The van der Waals surface area contributed by atoms with Gasteiger partial charge in [0.2, 0.25) is 0 Å². The van der Waals surface area contributed by atoms with E-state index in [0.717, 1.165) is 12.7 Å². The number of hydrogen-bond acceptors (Lipinski definition) is 17. The second-order valence-electron chi connectivity index (χ2n) is 11.9. The topological polar surface area (TPSA) is 285 Å². The number of thiol groups is 1. The standard InChI is InChI=1S/C25H33F3N11O10P2S2.U/c26-10-1-11(31-3-10)4-44-25(40)38-21-16(29)20(33-8-34-21)37-23-13(27)2-12(47-23)5-46-51(43,53)49-18-14(6-45-50(41,42)52)48-24(15(18)28)39-9-36-17-19(30)32-7-35-22(17)39;/h7-15,18,23-24,29,31H,1-6H2,(H,43,53)(H2,30,32,35)(H2,41,42,52)(H2,33,34,37,38,40);/q-1;/t10-,11-,12-,13+,14?,15+,18?,23+,24+,51?;/m0./s1. The average Bonchev–Trinajstić information content (AvgIpc) is 3.87. The Bertz CT molecular complexity index is 1900. The van der Waals surface area contributed by atoms with Crippen molar-refractivity contribution in [2.45, 2.75) is 68.2 Å². The number of ether oxygens (including phenoxy) is 3. The summed E-state index contributed by atoms with van der Waals surface area (Å²) >= 11 is 8.42. The van der Waals surface area contributed by atoms with Gasteiger partial charge in [0, 0.05) is 50.1 Å². The fraction of sp³-hybridized carbons (Fsp3) is 0.600. The van der Waals surface area contributed by atoms with Gasteiger partial charge in [0.25, 0.3) is 0 Å². The van der Waals surface area contributed by atoms with E-state index in [1.54, 1.807) is 0 Å². The molecule has 3 aliphatic heterocycles. The van der Waals surface area contributed by atoms with Crippen molar-refractivity contribution in [3.8, 4) is 0 Å². The van der Waals surface area contributed by atoms with Gasteiger partial charge in [0.05, 0.1) is 25.6 Å². The summed E-state index contributed by atoms with van der Waals surface area (Å²) in [5, 5.41) is 7.75. The van der Waals surface area contributed by atoms with Gasteiger partial charge in [-0.05, 0) is 18.2 Å². The molecule has 6 rings (SSSR count). The summed E-state index contributed by atoms with van der Waals surface area (Å²) in [5.41, 5.74) is 14.0. The van der Waals surface area contributed by atoms with Gasteiger partial charge < -0.3 is 50.6 Å². The molecule has 296 valence electrons. The second kappa shape index (κ2) is 18.1. The van der Waals surface area contributed by atoms with Crippen LogP contribution in [0.15, 0.2) is 19.0 Å². The van der Waals surface area contributed by atoms with Crippen molar-refractivity contribution in [3.63, 3.8) is 0 Å². The van der Waals surface area contributed by atoms with Crippen LogP contribution < -0.4 is 21.7 Å². The third kappa shape index (κ3) is 10.7. The number of aromatic nitrogens is 6. The molecule has 3 aliphatic rings. The average molecular weight is 1070 g/mol. The van der Waals surface area contributed by atoms with E-state index in [1.165, 1.54) is 10.9 Å². The Morgan fingerprint density at radius 3 is 2.57 bits per heavy atom. The number of carbonyl (C=O) groups excluding carboxylic acids is 1. The second-order valence-corrected chi connectivity index (χ2v) is 17.4. The van der Waals surface area contributed by atoms with Crippen LogP contribution in [0.5, 0.6) is 0 Å². The molecule has 0 bridgehead atoms. The van der Waals surface area contributed by atoms with E-state index in [2.05, 4.69) is 64.9 Å². The maximum atomic E-state index is 16.0. The molecule has 0 aliphatic carbocycles. The fourth-order valence-corrected chi connectivity index (χ4v) is 7.68. The Morgan fingerprint density at radius 1 is 1.11 bits per heavy atom. The third-order valence-corrected chi connectivity index (χ3v) is 10.5. The number of nitrogens with one attached hydrogen (secondary N) is 4. The number of anilines is 3. The zero-order chi connectivity index (χ0) is 38.1. The van der Waals surface area contributed by atoms with Crippen LogP contribution in [0, 0.1) is 31.1 Å². The number of halogens is 3. The Morgan fingerprint density at radius 2 is 1.85 bits per heavy atom. The molecule has 3 unspecified atom stereocenters. The first-order valence-corrected chi connectivity index (χ1v) is 20.9. The Kier molecular flexibility index (Phi) is 14.5. The zero-order valence-corrected chi connectivity index (χ0v) is 35.1. The van der Waals surface area contributed by atoms with Gasteiger partial charge in [-0.15, -0.1) is 0 Å². The Labute approximate surface area is 337 Å². The van der Waals surface area contributed by atoms with E-state index in [1.807, 2.05) is 0 Å². The summed E-state index contributed by atoms with van der Waals surface area (Å²) in [7, 11) is 0. The molecule has 54 heavy (non-hydrogen) atoms. The van der Waals surface area contributed by atoms with E-state index in [0.29, 0.717) is 0 Å². The first kappa shape index (κ1) is 43.2. The van der Waals surface area contributed by atoms with Crippen LogP contribution in [0.4, 0.5) is 41.1 Å². The molecular weight excluding hydrogens is 1040 g/mol. The van der Waals surface area contributed by atoms with Gasteiger partial charge >= 0.3 is 19.6 Å². The van der Waals surface area contributed by atoms with Crippen LogP contribution in [0.1, 0.15) is 19.1 Å². The fourth-order valence-electron chi connectivity index (χ4n) is 5.65. The molecule has 0 spiro atoms. The predicted molar refractivity (Wildman–Crippen MR) is 185 cm³/mol. The first-order chi connectivity index (χ1) is 25.1. The molecule has 3 aromatic heterocycles. The predicted octanol–water partition coefficient (Wildman–Crippen LogP) is 2.60.